The maximum absolute atomic E-state index is 13.2. The smallest absolute Gasteiger partial charge is 0.159 e. The molecule has 0 spiro atoms. The molecule has 3 heteroatoms. The zero-order chi connectivity index (χ0) is 14.5. The van der Waals surface area contributed by atoms with Gasteiger partial charge in [0.05, 0.1) is 0 Å². The average molecular weight is 281 g/mol. The van der Waals surface area contributed by atoms with Crippen molar-refractivity contribution < 1.29 is 8.78 Å². The summed E-state index contributed by atoms with van der Waals surface area (Å²) >= 11 is 0. The van der Waals surface area contributed by atoms with Gasteiger partial charge >= 0.3 is 0 Å². The van der Waals surface area contributed by atoms with Crippen LogP contribution in [0, 0.1) is 23.5 Å². The number of rotatable bonds is 5. The molecule has 1 aromatic rings. The third-order valence-corrected chi connectivity index (χ3v) is 4.49. The van der Waals surface area contributed by atoms with E-state index in [2.05, 4.69) is 12.2 Å². The van der Waals surface area contributed by atoms with Gasteiger partial charge in [-0.15, -0.1) is 0 Å². The van der Waals surface area contributed by atoms with Crippen molar-refractivity contribution in [3.05, 3.63) is 35.4 Å². The molecule has 0 bridgehead atoms. The molecule has 0 heterocycles. The summed E-state index contributed by atoms with van der Waals surface area (Å²) in [6.45, 7) is 5.28. The molecule has 0 aromatic heterocycles. The van der Waals surface area contributed by atoms with E-state index in [1.54, 1.807) is 6.07 Å². The van der Waals surface area contributed by atoms with E-state index >= 15 is 0 Å². The molecule has 1 saturated carbocycles. The molecule has 3 atom stereocenters. The van der Waals surface area contributed by atoms with Crippen molar-refractivity contribution in [1.82, 2.24) is 5.32 Å². The fraction of sp³-hybridized carbons (Fsp3) is 0.647. The second-order valence-electron chi connectivity index (χ2n) is 6.28. The molecule has 0 saturated heterocycles. The van der Waals surface area contributed by atoms with Crippen molar-refractivity contribution in [3.8, 4) is 0 Å². The number of benzene rings is 1. The molecule has 1 nitrogen and oxygen atoms in total. The summed E-state index contributed by atoms with van der Waals surface area (Å²) in [5.74, 6) is 0.134. The van der Waals surface area contributed by atoms with E-state index in [1.807, 2.05) is 6.92 Å². The Morgan fingerprint density at radius 2 is 2.05 bits per heavy atom. The van der Waals surface area contributed by atoms with Gasteiger partial charge in [0.15, 0.2) is 11.6 Å². The van der Waals surface area contributed by atoms with Crippen LogP contribution < -0.4 is 5.32 Å². The van der Waals surface area contributed by atoms with Gasteiger partial charge in [-0.25, -0.2) is 8.78 Å². The van der Waals surface area contributed by atoms with Gasteiger partial charge in [-0.2, -0.15) is 0 Å². The molecule has 3 unspecified atom stereocenters. The normalized spacial score (nSPS) is 24.6. The molecular formula is C17H25F2N. The lowest BCUT2D eigenvalue weighted by Gasteiger charge is -2.27. The van der Waals surface area contributed by atoms with Gasteiger partial charge in [-0.3, -0.25) is 0 Å². The molecule has 20 heavy (non-hydrogen) atoms. The van der Waals surface area contributed by atoms with Gasteiger partial charge in [0.1, 0.15) is 0 Å². The third-order valence-electron chi connectivity index (χ3n) is 4.49. The average Bonchev–Trinajstić information content (AvgIpc) is 2.42. The lowest BCUT2D eigenvalue weighted by Crippen LogP contribution is -2.24. The van der Waals surface area contributed by atoms with E-state index < -0.39 is 11.6 Å². The first-order chi connectivity index (χ1) is 9.56. The number of halogens is 2. The highest BCUT2D eigenvalue weighted by molar-refractivity contribution is 5.20. The van der Waals surface area contributed by atoms with Crippen LogP contribution in [0.1, 0.15) is 57.6 Å². The Kier molecular flexibility index (Phi) is 5.53. The molecule has 2 rings (SSSR count). The second-order valence-corrected chi connectivity index (χ2v) is 6.28. The Hall–Kier alpha value is -0.960. The van der Waals surface area contributed by atoms with E-state index in [1.165, 1.54) is 44.2 Å². The van der Waals surface area contributed by atoms with Gasteiger partial charge in [0, 0.05) is 6.04 Å². The third kappa shape index (κ3) is 4.27. The quantitative estimate of drug-likeness (QED) is 0.815. The first-order valence-corrected chi connectivity index (χ1v) is 7.74. The van der Waals surface area contributed by atoms with Crippen LogP contribution in [0.5, 0.6) is 0 Å². The van der Waals surface area contributed by atoms with Crippen LogP contribution in [0.3, 0.4) is 0 Å². The molecule has 1 N–H and O–H groups in total. The monoisotopic (exact) mass is 281 g/mol. The van der Waals surface area contributed by atoms with Crippen LogP contribution in [0.2, 0.25) is 0 Å². The van der Waals surface area contributed by atoms with Gasteiger partial charge in [0.2, 0.25) is 0 Å². The van der Waals surface area contributed by atoms with Crippen LogP contribution in [0.4, 0.5) is 8.78 Å². The summed E-state index contributed by atoms with van der Waals surface area (Å²) in [4.78, 5) is 0. The predicted molar refractivity (Wildman–Crippen MR) is 78.5 cm³/mol. The van der Waals surface area contributed by atoms with E-state index in [9.17, 15) is 8.78 Å². The highest BCUT2D eigenvalue weighted by atomic mass is 19.2. The lowest BCUT2D eigenvalue weighted by atomic mass is 9.81. The van der Waals surface area contributed by atoms with E-state index in [0.717, 1.165) is 23.9 Å². The highest BCUT2D eigenvalue weighted by Crippen LogP contribution is 2.30. The molecule has 1 aliphatic carbocycles. The van der Waals surface area contributed by atoms with Crippen molar-refractivity contribution >= 4 is 0 Å². The van der Waals surface area contributed by atoms with Crippen molar-refractivity contribution in [3.63, 3.8) is 0 Å². The Labute approximate surface area is 120 Å². The van der Waals surface area contributed by atoms with Crippen molar-refractivity contribution in [2.45, 2.75) is 52.0 Å². The van der Waals surface area contributed by atoms with Gasteiger partial charge in [-0.05, 0) is 55.8 Å². The molecular weight excluding hydrogens is 256 g/mol. The van der Waals surface area contributed by atoms with Crippen LogP contribution in [0.15, 0.2) is 18.2 Å². The predicted octanol–water partition coefficient (Wildman–Crippen LogP) is 4.83. The minimum atomic E-state index is -0.780. The molecule has 1 aromatic carbocycles. The second kappa shape index (κ2) is 7.16. The van der Waals surface area contributed by atoms with E-state index in [4.69, 9.17) is 0 Å². The minimum Gasteiger partial charge on any atom is -0.310 e. The number of hydrogen-bond donors (Lipinski definition) is 1. The summed E-state index contributed by atoms with van der Waals surface area (Å²) in [6.07, 6.45) is 6.57. The first-order valence-electron chi connectivity index (χ1n) is 7.74. The summed E-state index contributed by atoms with van der Waals surface area (Å²) in [6, 6.07) is 4.20. The molecule has 0 radical (unpaired) electrons. The minimum absolute atomic E-state index is 0.0612. The van der Waals surface area contributed by atoms with Gasteiger partial charge in [0.25, 0.3) is 0 Å². The van der Waals surface area contributed by atoms with Gasteiger partial charge in [-0.1, -0.05) is 32.3 Å². The summed E-state index contributed by atoms with van der Waals surface area (Å²) in [5, 5.41) is 3.42. The zero-order valence-corrected chi connectivity index (χ0v) is 12.5. The largest absolute Gasteiger partial charge is 0.310 e. The Morgan fingerprint density at radius 3 is 2.75 bits per heavy atom. The van der Waals surface area contributed by atoms with E-state index in [0.29, 0.717) is 0 Å². The van der Waals surface area contributed by atoms with Crippen molar-refractivity contribution in [1.29, 1.82) is 0 Å². The first kappa shape index (κ1) is 15.4. The molecule has 0 amide bonds. The standard InChI is InChI=1S/C17H25F2N/c1-12-4-3-5-14(10-12)8-9-20-13(2)15-6-7-16(18)17(19)11-15/h6-7,11-14,20H,3-5,8-10H2,1-2H3. The fourth-order valence-corrected chi connectivity index (χ4v) is 3.23. The molecule has 1 aliphatic rings. The zero-order valence-electron chi connectivity index (χ0n) is 12.5. The Bertz CT molecular complexity index is 433. The number of hydrogen-bond acceptors (Lipinski definition) is 1. The number of nitrogens with one attached hydrogen (secondary N) is 1. The van der Waals surface area contributed by atoms with Crippen molar-refractivity contribution in [2.75, 3.05) is 6.54 Å². The maximum Gasteiger partial charge on any atom is 0.159 e. The highest BCUT2D eigenvalue weighted by Gasteiger charge is 2.18. The lowest BCUT2D eigenvalue weighted by molar-refractivity contribution is 0.265. The Balaban J connectivity index is 1.77. The molecule has 0 aliphatic heterocycles. The SMILES string of the molecule is CC1CCCC(CCNC(C)c2ccc(F)c(F)c2)C1. The molecule has 1 fully saturated rings. The van der Waals surface area contributed by atoms with Gasteiger partial charge < -0.3 is 5.32 Å². The fourth-order valence-electron chi connectivity index (χ4n) is 3.23. The van der Waals surface area contributed by atoms with Crippen LogP contribution in [0.25, 0.3) is 0 Å². The molecule has 112 valence electrons. The van der Waals surface area contributed by atoms with Crippen molar-refractivity contribution in [2.24, 2.45) is 11.8 Å². The maximum atomic E-state index is 13.2. The van der Waals surface area contributed by atoms with E-state index in [-0.39, 0.29) is 6.04 Å². The Morgan fingerprint density at radius 1 is 1.25 bits per heavy atom. The summed E-state index contributed by atoms with van der Waals surface area (Å²) in [7, 11) is 0. The van der Waals surface area contributed by atoms with Crippen LogP contribution in [-0.2, 0) is 0 Å². The summed E-state index contributed by atoms with van der Waals surface area (Å²) < 4.78 is 26.1. The summed E-state index contributed by atoms with van der Waals surface area (Å²) in [5.41, 5.74) is 0.806. The van der Waals surface area contributed by atoms with Crippen LogP contribution >= 0.6 is 0 Å². The van der Waals surface area contributed by atoms with Crippen LogP contribution in [-0.4, -0.2) is 6.54 Å². The topological polar surface area (TPSA) is 12.0 Å².